The van der Waals surface area contributed by atoms with Crippen molar-refractivity contribution in [1.82, 2.24) is 20.1 Å². The van der Waals surface area contributed by atoms with E-state index in [2.05, 4.69) is 15.4 Å². The van der Waals surface area contributed by atoms with Gasteiger partial charge in [0, 0.05) is 37.8 Å². The fourth-order valence-corrected chi connectivity index (χ4v) is 2.43. The van der Waals surface area contributed by atoms with E-state index in [-0.39, 0.29) is 5.91 Å². The number of methoxy groups -OCH3 is 1. The summed E-state index contributed by atoms with van der Waals surface area (Å²) in [4.78, 5) is 17.1. The lowest BCUT2D eigenvalue weighted by Crippen LogP contribution is -2.27. The van der Waals surface area contributed by atoms with E-state index in [1.165, 1.54) is 0 Å². The Kier molecular flexibility index (Phi) is 4.34. The topological polar surface area (TPSA) is 69.0 Å². The van der Waals surface area contributed by atoms with E-state index in [1.54, 1.807) is 18.0 Å². The molecular formula is C17H18N4O2. The number of nitrogens with zero attached hydrogens (tertiary/aromatic N) is 3. The monoisotopic (exact) mass is 310 g/mol. The predicted molar refractivity (Wildman–Crippen MR) is 88.2 cm³/mol. The summed E-state index contributed by atoms with van der Waals surface area (Å²) in [6.07, 6.45) is 3.62. The van der Waals surface area contributed by atoms with Crippen LogP contribution in [0.15, 0.2) is 42.7 Å². The molecule has 1 amide bonds. The van der Waals surface area contributed by atoms with E-state index in [4.69, 9.17) is 4.74 Å². The van der Waals surface area contributed by atoms with Crippen LogP contribution in [0.3, 0.4) is 0 Å². The third-order valence-electron chi connectivity index (χ3n) is 3.55. The number of carbonyl (C=O) groups excluding carboxylic acids is 1. The van der Waals surface area contributed by atoms with Crippen LogP contribution in [0.4, 0.5) is 0 Å². The van der Waals surface area contributed by atoms with Crippen molar-refractivity contribution in [1.29, 1.82) is 0 Å². The summed E-state index contributed by atoms with van der Waals surface area (Å²) in [6, 6.07) is 9.43. The van der Waals surface area contributed by atoms with Gasteiger partial charge in [-0.15, -0.1) is 0 Å². The van der Waals surface area contributed by atoms with E-state index in [1.807, 2.05) is 43.6 Å². The third-order valence-corrected chi connectivity index (χ3v) is 3.55. The standard InChI is InChI=1S/C17H18N4O2/c1-21-11-12(10-19-21)16-9-14(17(22)18-7-8-23-2)13-5-3-4-6-15(13)20-16/h3-6,9-11H,7-8H2,1-2H3,(H,18,22). The highest BCUT2D eigenvalue weighted by molar-refractivity contribution is 6.07. The molecule has 6 nitrogen and oxygen atoms in total. The molecule has 6 heteroatoms. The minimum absolute atomic E-state index is 0.134. The van der Waals surface area contributed by atoms with Crippen molar-refractivity contribution >= 4 is 16.8 Å². The van der Waals surface area contributed by atoms with Gasteiger partial charge in [0.1, 0.15) is 0 Å². The highest BCUT2D eigenvalue weighted by Gasteiger charge is 2.14. The number of ether oxygens (including phenoxy) is 1. The van der Waals surface area contributed by atoms with Gasteiger partial charge < -0.3 is 10.1 Å². The number of benzene rings is 1. The fraction of sp³-hybridized carbons (Fsp3) is 0.235. The first-order valence-electron chi connectivity index (χ1n) is 7.35. The fourth-order valence-electron chi connectivity index (χ4n) is 2.43. The number of fused-ring (bicyclic) bond motifs is 1. The Morgan fingerprint density at radius 3 is 2.91 bits per heavy atom. The van der Waals surface area contributed by atoms with Gasteiger partial charge in [-0.05, 0) is 12.1 Å². The molecule has 1 N–H and O–H groups in total. The van der Waals surface area contributed by atoms with Crippen LogP contribution in [0, 0.1) is 0 Å². The van der Waals surface area contributed by atoms with Crippen LogP contribution in [-0.4, -0.2) is 40.9 Å². The minimum Gasteiger partial charge on any atom is -0.383 e. The normalized spacial score (nSPS) is 10.9. The Bertz CT molecular complexity index is 841. The Morgan fingerprint density at radius 2 is 2.17 bits per heavy atom. The summed E-state index contributed by atoms with van der Waals surface area (Å²) >= 11 is 0. The number of amides is 1. The molecule has 0 atom stereocenters. The summed E-state index contributed by atoms with van der Waals surface area (Å²) in [5, 5.41) is 7.86. The van der Waals surface area contributed by atoms with Crippen molar-refractivity contribution in [2.24, 2.45) is 7.05 Å². The van der Waals surface area contributed by atoms with Crippen molar-refractivity contribution < 1.29 is 9.53 Å². The number of aromatic nitrogens is 3. The molecule has 2 heterocycles. The number of pyridine rings is 1. The highest BCUT2D eigenvalue weighted by atomic mass is 16.5. The predicted octanol–water partition coefficient (Wildman–Crippen LogP) is 2.01. The van der Waals surface area contributed by atoms with Gasteiger partial charge in [-0.25, -0.2) is 4.98 Å². The van der Waals surface area contributed by atoms with Gasteiger partial charge in [0.25, 0.3) is 5.91 Å². The maximum Gasteiger partial charge on any atom is 0.252 e. The number of rotatable bonds is 5. The average molecular weight is 310 g/mol. The van der Waals surface area contributed by atoms with Crippen LogP contribution in [0.1, 0.15) is 10.4 Å². The molecule has 0 bridgehead atoms. The maximum atomic E-state index is 12.5. The zero-order chi connectivity index (χ0) is 16.2. The average Bonchev–Trinajstić information content (AvgIpc) is 3.00. The van der Waals surface area contributed by atoms with Gasteiger partial charge in [0.15, 0.2) is 0 Å². The van der Waals surface area contributed by atoms with Crippen molar-refractivity contribution in [2.45, 2.75) is 0 Å². The molecule has 118 valence electrons. The number of hydrogen-bond acceptors (Lipinski definition) is 4. The molecule has 23 heavy (non-hydrogen) atoms. The van der Waals surface area contributed by atoms with Crippen molar-refractivity contribution in [3.63, 3.8) is 0 Å². The molecule has 0 aliphatic carbocycles. The first kappa shape index (κ1) is 15.2. The molecule has 0 radical (unpaired) electrons. The Balaban J connectivity index is 2.05. The van der Waals surface area contributed by atoms with Gasteiger partial charge in [0.2, 0.25) is 0 Å². The van der Waals surface area contributed by atoms with Gasteiger partial charge in [-0.2, -0.15) is 5.10 Å². The SMILES string of the molecule is COCCNC(=O)c1cc(-c2cnn(C)c2)nc2ccccc12. The molecule has 3 aromatic rings. The van der Waals surface area contributed by atoms with Crippen molar-refractivity contribution in [3.8, 4) is 11.3 Å². The first-order valence-corrected chi connectivity index (χ1v) is 7.35. The molecule has 1 aromatic carbocycles. The van der Waals surface area contributed by atoms with Gasteiger partial charge in [-0.1, -0.05) is 18.2 Å². The van der Waals surface area contributed by atoms with Gasteiger partial charge >= 0.3 is 0 Å². The second-order valence-electron chi connectivity index (χ2n) is 5.22. The smallest absolute Gasteiger partial charge is 0.252 e. The minimum atomic E-state index is -0.134. The van der Waals surface area contributed by atoms with Crippen LogP contribution in [-0.2, 0) is 11.8 Å². The Hall–Kier alpha value is -2.73. The van der Waals surface area contributed by atoms with E-state index in [9.17, 15) is 4.79 Å². The number of nitrogens with one attached hydrogen (secondary N) is 1. The van der Waals surface area contributed by atoms with E-state index >= 15 is 0 Å². The number of hydrogen-bond donors (Lipinski definition) is 1. The molecule has 3 rings (SSSR count). The zero-order valence-corrected chi connectivity index (χ0v) is 13.1. The van der Waals surface area contributed by atoms with Crippen LogP contribution >= 0.6 is 0 Å². The largest absolute Gasteiger partial charge is 0.383 e. The lowest BCUT2D eigenvalue weighted by molar-refractivity contribution is 0.0938. The van der Waals surface area contributed by atoms with Crippen LogP contribution in [0.2, 0.25) is 0 Å². The summed E-state index contributed by atoms with van der Waals surface area (Å²) in [7, 11) is 3.46. The second kappa shape index (κ2) is 6.58. The number of carbonyl (C=O) groups is 1. The Morgan fingerprint density at radius 1 is 1.35 bits per heavy atom. The third kappa shape index (κ3) is 3.22. The van der Waals surface area contributed by atoms with Gasteiger partial charge in [-0.3, -0.25) is 9.48 Å². The molecule has 0 fully saturated rings. The van der Waals surface area contributed by atoms with E-state index in [0.717, 1.165) is 22.2 Å². The van der Waals surface area contributed by atoms with Crippen LogP contribution in [0.25, 0.3) is 22.2 Å². The maximum absolute atomic E-state index is 12.5. The zero-order valence-electron chi connectivity index (χ0n) is 13.1. The molecular weight excluding hydrogens is 292 g/mol. The molecule has 0 saturated heterocycles. The molecule has 0 unspecified atom stereocenters. The summed E-state index contributed by atoms with van der Waals surface area (Å²) in [6.45, 7) is 0.943. The lowest BCUT2D eigenvalue weighted by atomic mass is 10.1. The Labute approximate surface area is 134 Å². The van der Waals surface area contributed by atoms with E-state index < -0.39 is 0 Å². The quantitative estimate of drug-likeness (QED) is 0.732. The lowest BCUT2D eigenvalue weighted by Gasteiger charge is -2.09. The van der Waals surface area contributed by atoms with Crippen LogP contribution < -0.4 is 5.32 Å². The number of aryl methyl sites for hydroxylation is 1. The van der Waals surface area contributed by atoms with Crippen molar-refractivity contribution in [2.75, 3.05) is 20.3 Å². The molecule has 2 aromatic heterocycles. The summed E-state index contributed by atoms with van der Waals surface area (Å²) in [5.74, 6) is -0.134. The molecule has 0 aliphatic heterocycles. The second-order valence-corrected chi connectivity index (χ2v) is 5.22. The first-order chi connectivity index (χ1) is 11.2. The summed E-state index contributed by atoms with van der Waals surface area (Å²) < 4.78 is 6.69. The van der Waals surface area contributed by atoms with Crippen molar-refractivity contribution in [3.05, 3.63) is 48.3 Å². The highest BCUT2D eigenvalue weighted by Crippen LogP contribution is 2.24. The van der Waals surface area contributed by atoms with Crippen LogP contribution in [0.5, 0.6) is 0 Å². The molecule has 0 saturated carbocycles. The molecule has 0 spiro atoms. The summed E-state index contributed by atoms with van der Waals surface area (Å²) in [5.41, 5.74) is 2.99. The number of para-hydroxylation sites is 1. The van der Waals surface area contributed by atoms with E-state index in [0.29, 0.717) is 18.7 Å². The molecule has 0 aliphatic rings. The van der Waals surface area contributed by atoms with Gasteiger partial charge in [0.05, 0.1) is 29.6 Å².